The summed E-state index contributed by atoms with van der Waals surface area (Å²) >= 11 is 0. The first-order chi connectivity index (χ1) is 10.3. The number of hydrogen-bond acceptors (Lipinski definition) is 4. The highest BCUT2D eigenvalue weighted by atomic mass is 16.5. The summed E-state index contributed by atoms with van der Waals surface area (Å²) in [6.07, 6.45) is 5.07. The van der Waals surface area contributed by atoms with Crippen molar-refractivity contribution < 1.29 is 9.47 Å². The van der Waals surface area contributed by atoms with Crippen molar-refractivity contribution in [1.29, 1.82) is 0 Å². The van der Waals surface area contributed by atoms with Crippen LogP contribution in [0.15, 0.2) is 4.99 Å². The van der Waals surface area contributed by atoms with E-state index in [1.165, 1.54) is 19.4 Å². The van der Waals surface area contributed by atoms with Gasteiger partial charge in [0.2, 0.25) is 0 Å². The van der Waals surface area contributed by atoms with Crippen LogP contribution in [0.25, 0.3) is 0 Å². The molecule has 2 saturated heterocycles. The molecule has 0 amide bonds. The van der Waals surface area contributed by atoms with E-state index in [-0.39, 0.29) is 0 Å². The maximum Gasteiger partial charge on any atom is 0.188 e. The lowest BCUT2D eigenvalue weighted by molar-refractivity contribution is 0.0191. The van der Waals surface area contributed by atoms with Gasteiger partial charge in [0, 0.05) is 19.2 Å². The molecule has 0 spiro atoms. The summed E-state index contributed by atoms with van der Waals surface area (Å²) in [5.74, 6) is 0.527. The van der Waals surface area contributed by atoms with Gasteiger partial charge in [-0.05, 0) is 38.8 Å². The van der Waals surface area contributed by atoms with E-state index in [2.05, 4.69) is 22.1 Å². The van der Waals surface area contributed by atoms with Gasteiger partial charge >= 0.3 is 0 Å². The van der Waals surface area contributed by atoms with Gasteiger partial charge in [0.25, 0.3) is 0 Å². The average Bonchev–Trinajstić information content (AvgIpc) is 3.15. The molecule has 0 saturated carbocycles. The molecule has 0 radical (unpaired) electrons. The zero-order valence-corrected chi connectivity index (χ0v) is 13.2. The molecule has 2 rings (SSSR count). The van der Waals surface area contributed by atoms with Gasteiger partial charge in [-0.2, -0.15) is 0 Å². The van der Waals surface area contributed by atoms with Gasteiger partial charge in [-0.25, -0.2) is 0 Å². The summed E-state index contributed by atoms with van der Waals surface area (Å²) in [5, 5.41) is 3.11. The molecule has 0 aliphatic carbocycles. The Labute approximate surface area is 128 Å². The molecular formula is C15H30N4O2. The van der Waals surface area contributed by atoms with E-state index in [9.17, 15) is 0 Å². The Morgan fingerprint density at radius 3 is 3.10 bits per heavy atom. The highest BCUT2D eigenvalue weighted by Gasteiger charge is 2.22. The standard InChI is InChI=1S/C15H30N4O2/c1-2-19-8-3-5-13(19)11-18-15(16)17-7-10-20-12-14-6-4-9-21-14/h13-14H,2-12H2,1H3,(H3,16,17,18). The number of aliphatic imine (C=N–C) groups is 1. The van der Waals surface area contributed by atoms with E-state index in [0.717, 1.165) is 32.5 Å². The minimum atomic E-state index is 0.290. The minimum absolute atomic E-state index is 0.290. The summed E-state index contributed by atoms with van der Waals surface area (Å²) in [4.78, 5) is 6.91. The minimum Gasteiger partial charge on any atom is -0.377 e. The zero-order chi connectivity index (χ0) is 14.9. The molecule has 6 nitrogen and oxygen atoms in total. The Kier molecular flexibility index (Phi) is 7.26. The van der Waals surface area contributed by atoms with Gasteiger partial charge in [0.15, 0.2) is 5.96 Å². The second-order valence-electron chi connectivity index (χ2n) is 5.79. The van der Waals surface area contributed by atoms with Gasteiger partial charge in [0.1, 0.15) is 0 Å². The second-order valence-corrected chi connectivity index (χ2v) is 5.79. The van der Waals surface area contributed by atoms with Crippen LogP contribution in [0.5, 0.6) is 0 Å². The SMILES string of the molecule is CCN1CCCC1CN=C(N)NCCOCC1CCCO1. The van der Waals surface area contributed by atoms with Crippen LogP contribution < -0.4 is 11.1 Å². The number of likely N-dealkylation sites (tertiary alicyclic amines) is 1. The normalized spacial score (nSPS) is 27.4. The molecule has 3 N–H and O–H groups in total. The topological polar surface area (TPSA) is 72.1 Å². The van der Waals surface area contributed by atoms with Gasteiger partial charge in [0.05, 0.1) is 25.9 Å². The van der Waals surface area contributed by atoms with Crippen molar-refractivity contribution in [2.45, 2.75) is 44.8 Å². The summed E-state index contributed by atoms with van der Waals surface area (Å²) in [5.41, 5.74) is 5.88. The molecule has 122 valence electrons. The highest BCUT2D eigenvalue weighted by Crippen LogP contribution is 2.16. The third-order valence-corrected chi connectivity index (χ3v) is 4.26. The Balaban J connectivity index is 1.52. The summed E-state index contributed by atoms with van der Waals surface area (Å²) < 4.78 is 11.1. The first kappa shape index (κ1) is 16.5. The lowest BCUT2D eigenvalue weighted by atomic mass is 10.2. The molecule has 6 heteroatoms. The molecule has 0 aromatic heterocycles. The van der Waals surface area contributed by atoms with Crippen LogP contribution in [0.1, 0.15) is 32.6 Å². The number of rotatable bonds is 8. The third-order valence-electron chi connectivity index (χ3n) is 4.26. The largest absolute Gasteiger partial charge is 0.377 e. The number of nitrogens with two attached hydrogens (primary N) is 1. The average molecular weight is 298 g/mol. The number of hydrogen-bond donors (Lipinski definition) is 2. The first-order valence-electron chi connectivity index (χ1n) is 8.26. The summed E-state index contributed by atoms with van der Waals surface area (Å²) in [6.45, 7) is 8.20. The fourth-order valence-electron chi connectivity index (χ4n) is 3.02. The highest BCUT2D eigenvalue weighted by molar-refractivity contribution is 5.77. The molecule has 21 heavy (non-hydrogen) atoms. The maximum atomic E-state index is 5.88. The van der Waals surface area contributed by atoms with Crippen molar-refractivity contribution in [1.82, 2.24) is 10.2 Å². The Morgan fingerprint density at radius 1 is 1.43 bits per heavy atom. The maximum absolute atomic E-state index is 5.88. The number of ether oxygens (including phenoxy) is 2. The van der Waals surface area contributed by atoms with Crippen LogP contribution in [0.2, 0.25) is 0 Å². The van der Waals surface area contributed by atoms with Crippen LogP contribution in [-0.4, -0.2) is 69.0 Å². The number of nitrogens with one attached hydrogen (secondary N) is 1. The number of guanidine groups is 1. The predicted molar refractivity (Wildman–Crippen MR) is 84.6 cm³/mol. The smallest absolute Gasteiger partial charge is 0.188 e. The molecule has 2 aliphatic heterocycles. The quantitative estimate of drug-likeness (QED) is 0.389. The van der Waals surface area contributed by atoms with E-state index in [4.69, 9.17) is 15.2 Å². The van der Waals surface area contributed by atoms with Crippen molar-refractivity contribution in [2.24, 2.45) is 10.7 Å². The van der Waals surface area contributed by atoms with Crippen molar-refractivity contribution in [2.75, 3.05) is 46.0 Å². The molecule has 2 heterocycles. The van der Waals surface area contributed by atoms with Crippen molar-refractivity contribution in [3.63, 3.8) is 0 Å². The van der Waals surface area contributed by atoms with Crippen LogP contribution in [0.3, 0.4) is 0 Å². The summed E-state index contributed by atoms with van der Waals surface area (Å²) in [6, 6.07) is 0.561. The lowest BCUT2D eigenvalue weighted by Crippen LogP contribution is -2.37. The fraction of sp³-hybridized carbons (Fsp3) is 0.933. The Morgan fingerprint density at radius 2 is 2.33 bits per heavy atom. The number of likely N-dealkylation sites (N-methyl/N-ethyl adjacent to an activating group) is 1. The van der Waals surface area contributed by atoms with Crippen molar-refractivity contribution in [3.8, 4) is 0 Å². The van der Waals surface area contributed by atoms with E-state index in [0.29, 0.717) is 37.9 Å². The van der Waals surface area contributed by atoms with Crippen LogP contribution in [-0.2, 0) is 9.47 Å². The predicted octanol–water partition coefficient (Wildman–Crippen LogP) is 0.571. The Hall–Kier alpha value is -0.850. The van der Waals surface area contributed by atoms with E-state index in [1.807, 2.05) is 0 Å². The molecule has 2 fully saturated rings. The monoisotopic (exact) mass is 298 g/mol. The fourth-order valence-corrected chi connectivity index (χ4v) is 3.02. The molecule has 2 atom stereocenters. The first-order valence-corrected chi connectivity index (χ1v) is 8.26. The van der Waals surface area contributed by atoms with E-state index < -0.39 is 0 Å². The zero-order valence-electron chi connectivity index (χ0n) is 13.2. The number of nitrogens with zero attached hydrogens (tertiary/aromatic N) is 2. The third kappa shape index (κ3) is 5.80. The van der Waals surface area contributed by atoms with Crippen molar-refractivity contribution in [3.05, 3.63) is 0 Å². The molecule has 0 aromatic rings. The molecule has 0 aromatic carbocycles. The van der Waals surface area contributed by atoms with Gasteiger partial charge in [-0.1, -0.05) is 6.92 Å². The van der Waals surface area contributed by atoms with Gasteiger partial charge in [-0.15, -0.1) is 0 Å². The van der Waals surface area contributed by atoms with Crippen LogP contribution >= 0.6 is 0 Å². The van der Waals surface area contributed by atoms with Gasteiger partial charge < -0.3 is 20.5 Å². The van der Waals surface area contributed by atoms with E-state index in [1.54, 1.807) is 0 Å². The molecule has 2 unspecified atom stereocenters. The van der Waals surface area contributed by atoms with Crippen LogP contribution in [0.4, 0.5) is 0 Å². The van der Waals surface area contributed by atoms with E-state index >= 15 is 0 Å². The van der Waals surface area contributed by atoms with Crippen molar-refractivity contribution >= 4 is 5.96 Å². The molecule has 2 aliphatic rings. The molecule has 0 bridgehead atoms. The Bertz CT molecular complexity index is 319. The molecular weight excluding hydrogens is 268 g/mol. The van der Waals surface area contributed by atoms with Crippen LogP contribution in [0, 0.1) is 0 Å². The lowest BCUT2D eigenvalue weighted by Gasteiger charge is -2.21. The summed E-state index contributed by atoms with van der Waals surface area (Å²) in [7, 11) is 0. The van der Waals surface area contributed by atoms with Gasteiger partial charge in [-0.3, -0.25) is 9.89 Å². The second kappa shape index (κ2) is 9.23.